The minimum atomic E-state index is 0.746. The van der Waals surface area contributed by atoms with Gasteiger partial charge in [0.25, 0.3) is 0 Å². The van der Waals surface area contributed by atoms with Crippen molar-refractivity contribution < 1.29 is 4.79 Å². The van der Waals surface area contributed by atoms with E-state index in [1.807, 2.05) is 0 Å². The van der Waals surface area contributed by atoms with Crippen LogP contribution in [0.2, 0.25) is 0 Å². The first-order valence-corrected chi connectivity index (χ1v) is 13.4. The zero-order valence-corrected chi connectivity index (χ0v) is 21.3. The Labute approximate surface area is 196 Å². The molecule has 0 rings (SSSR count). The molecule has 1 heteroatoms. The van der Waals surface area contributed by atoms with Crippen molar-refractivity contribution in [1.82, 2.24) is 0 Å². The number of hydrogen-bond acceptors (Lipinski definition) is 1. The molecule has 0 aromatic rings. The van der Waals surface area contributed by atoms with Crippen molar-refractivity contribution in [2.75, 3.05) is 0 Å². The van der Waals surface area contributed by atoms with Crippen LogP contribution in [0.1, 0.15) is 136 Å². The zero-order chi connectivity index (χ0) is 23.1. The molecule has 0 saturated heterocycles. The van der Waals surface area contributed by atoms with Crippen molar-refractivity contribution in [3.8, 4) is 0 Å². The van der Waals surface area contributed by atoms with Crippen LogP contribution in [0.4, 0.5) is 0 Å². The highest BCUT2D eigenvalue weighted by molar-refractivity contribution is 5.48. The monoisotopic (exact) mass is 430 g/mol. The van der Waals surface area contributed by atoms with E-state index in [4.69, 9.17) is 0 Å². The molecule has 0 aliphatic rings. The molecule has 0 radical (unpaired) electrons. The lowest BCUT2D eigenvalue weighted by molar-refractivity contribution is -0.107. The fourth-order valence-electron chi connectivity index (χ4n) is 3.15. The number of hydrogen-bond donors (Lipinski definition) is 0. The first-order valence-electron chi connectivity index (χ1n) is 13.4. The third kappa shape index (κ3) is 36.4. The summed E-state index contributed by atoms with van der Waals surface area (Å²) in [6.07, 6.45) is 41.3. The second-order valence-corrected chi connectivity index (χ2v) is 8.33. The van der Waals surface area contributed by atoms with E-state index in [-0.39, 0.29) is 0 Å². The molecule has 0 fully saturated rings. The number of rotatable bonds is 21. The Kier molecular flexibility index (Phi) is 34.1. The number of carbonyl (C=O) groups excluding carboxylic acids is 1. The van der Waals surface area contributed by atoms with Gasteiger partial charge in [-0.2, -0.15) is 0 Å². The molecule has 0 aromatic carbocycles. The van der Waals surface area contributed by atoms with Gasteiger partial charge in [-0.1, -0.05) is 134 Å². The number of aldehydes is 1. The van der Waals surface area contributed by atoms with E-state index in [0.717, 1.165) is 25.5 Å². The average Bonchev–Trinajstić information content (AvgIpc) is 2.79. The van der Waals surface area contributed by atoms with Crippen LogP contribution in [0.25, 0.3) is 0 Å². The summed E-state index contributed by atoms with van der Waals surface area (Å²) < 4.78 is 0. The highest BCUT2D eigenvalue weighted by Crippen LogP contribution is 2.09. The first kappa shape index (κ1) is 31.8. The van der Waals surface area contributed by atoms with Crippen molar-refractivity contribution in [2.24, 2.45) is 0 Å². The van der Waals surface area contributed by atoms with Gasteiger partial charge in [0.2, 0.25) is 0 Å². The van der Waals surface area contributed by atoms with Crippen LogP contribution in [0.3, 0.4) is 0 Å². The normalized spacial score (nSPS) is 11.7. The quantitative estimate of drug-likeness (QED) is 0.100. The summed E-state index contributed by atoms with van der Waals surface area (Å²) in [4.78, 5) is 10.1. The minimum Gasteiger partial charge on any atom is -0.303 e. The Hall–Kier alpha value is -1.37. The summed E-state index contributed by atoms with van der Waals surface area (Å²) in [5, 5.41) is 0. The topological polar surface area (TPSA) is 17.1 Å². The summed E-state index contributed by atoms with van der Waals surface area (Å²) in [5.74, 6) is 0. The number of carbonyl (C=O) groups is 1. The third-order valence-electron chi connectivity index (χ3n) is 5.12. The third-order valence-corrected chi connectivity index (χ3v) is 5.12. The van der Waals surface area contributed by atoms with Gasteiger partial charge in [0, 0.05) is 6.42 Å². The second-order valence-electron chi connectivity index (χ2n) is 8.33. The molecule has 0 unspecified atom stereocenters. The number of allylic oxidation sites excluding steroid dienone is 8. The van der Waals surface area contributed by atoms with Gasteiger partial charge in [0.1, 0.15) is 6.29 Å². The largest absolute Gasteiger partial charge is 0.303 e. The van der Waals surface area contributed by atoms with Crippen molar-refractivity contribution in [1.29, 1.82) is 0 Å². The van der Waals surface area contributed by atoms with E-state index < -0.39 is 0 Å². The molecule has 0 aliphatic carbocycles. The molecule has 0 N–H and O–H groups in total. The Morgan fingerprint density at radius 3 is 1.29 bits per heavy atom. The Bertz CT molecular complexity index is 428. The predicted octanol–water partition coefficient (Wildman–Crippen LogP) is 10.5. The van der Waals surface area contributed by atoms with E-state index in [9.17, 15) is 4.79 Å². The van der Waals surface area contributed by atoms with Gasteiger partial charge in [-0.25, -0.2) is 0 Å². The van der Waals surface area contributed by atoms with Crippen LogP contribution < -0.4 is 0 Å². The second kappa shape index (κ2) is 33.3. The van der Waals surface area contributed by atoms with Crippen LogP contribution >= 0.6 is 0 Å². The van der Waals surface area contributed by atoms with Gasteiger partial charge < -0.3 is 4.79 Å². The van der Waals surface area contributed by atoms with Crippen LogP contribution in [0.5, 0.6) is 0 Å². The maximum Gasteiger partial charge on any atom is 0.119 e. The van der Waals surface area contributed by atoms with Crippen LogP contribution in [0, 0.1) is 0 Å². The smallest absolute Gasteiger partial charge is 0.119 e. The van der Waals surface area contributed by atoms with Crippen LogP contribution in [0.15, 0.2) is 48.6 Å². The van der Waals surface area contributed by atoms with Gasteiger partial charge in [-0.3, -0.25) is 0 Å². The lowest BCUT2D eigenvalue weighted by atomic mass is 10.1. The van der Waals surface area contributed by atoms with Crippen molar-refractivity contribution in [2.45, 2.75) is 136 Å². The molecule has 0 heterocycles. The molecule has 0 atom stereocenters. The summed E-state index contributed by atoms with van der Waals surface area (Å²) in [6.45, 7) is 6.62. The summed E-state index contributed by atoms with van der Waals surface area (Å²) in [5.41, 5.74) is 0. The SMILES string of the molecule is CCC=CC=CCCCCCCCCCC=O.CCCC=CC=CCCCCCCC. The standard InChI is InChI=1S/C16H28O.C14H26/c1-2-3-4-5-6-7-8-9-10-11-12-13-14-15-16-17;1-3-5-7-9-11-13-14-12-10-8-6-4-2/h3-6,16H,2,7-15H2,1H3;7,9,11,13H,3-6,8,10,12,14H2,1-2H3. The molecule has 1 nitrogen and oxygen atoms in total. The zero-order valence-electron chi connectivity index (χ0n) is 21.3. The van der Waals surface area contributed by atoms with E-state index >= 15 is 0 Å². The van der Waals surface area contributed by atoms with E-state index in [0.29, 0.717) is 0 Å². The van der Waals surface area contributed by atoms with Gasteiger partial charge in [-0.05, 0) is 44.9 Å². The van der Waals surface area contributed by atoms with E-state index in [2.05, 4.69) is 69.4 Å². The predicted molar refractivity (Wildman–Crippen MR) is 143 cm³/mol. The maximum atomic E-state index is 10.1. The molecule has 0 aliphatic heterocycles. The Balaban J connectivity index is 0. The van der Waals surface area contributed by atoms with Crippen molar-refractivity contribution in [3.63, 3.8) is 0 Å². The summed E-state index contributed by atoms with van der Waals surface area (Å²) >= 11 is 0. The maximum absolute atomic E-state index is 10.1. The fourth-order valence-corrected chi connectivity index (χ4v) is 3.15. The first-order chi connectivity index (χ1) is 15.3. The molecule has 180 valence electrons. The van der Waals surface area contributed by atoms with Gasteiger partial charge >= 0.3 is 0 Å². The molecule has 0 aromatic heterocycles. The molecular weight excluding hydrogens is 376 g/mol. The van der Waals surface area contributed by atoms with Gasteiger partial charge in [0.05, 0.1) is 0 Å². The Morgan fingerprint density at radius 2 is 0.839 bits per heavy atom. The van der Waals surface area contributed by atoms with Gasteiger partial charge in [-0.15, -0.1) is 0 Å². The summed E-state index contributed by atoms with van der Waals surface area (Å²) in [6, 6.07) is 0. The summed E-state index contributed by atoms with van der Waals surface area (Å²) in [7, 11) is 0. The molecular formula is C30H54O. The lowest BCUT2D eigenvalue weighted by Crippen LogP contribution is -1.81. The molecule has 0 bridgehead atoms. The highest BCUT2D eigenvalue weighted by Gasteiger charge is 1.91. The van der Waals surface area contributed by atoms with Crippen molar-refractivity contribution >= 4 is 6.29 Å². The lowest BCUT2D eigenvalue weighted by Gasteiger charge is -1.99. The average molecular weight is 431 g/mol. The fraction of sp³-hybridized carbons (Fsp3) is 0.700. The minimum absolute atomic E-state index is 0.746. The van der Waals surface area contributed by atoms with Gasteiger partial charge in [0.15, 0.2) is 0 Å². The molecule has 0 saturated carbocycles. The van der Waals surface area contributed by atoms with E-state index in [1.165, 1.54) is 96.3 Å². The van der Waals surface area contributed by atoms with Crippen molar-refractivity contribution in [3.05, 3.63) is 48.6 Å². The van der Waals surface area contributed by atoms with Crippen LogP contribution in [-0.2, 0) is 4.79 Å². The van der Waals surface area contributed by atoms with E-state index in [1.54, 1.807) is 0 Å². The molecule has 31 heavy (non-hydrogen) atoms. The molecule has 0 spiro atoms. The number of unbranched alkanes of at least 4 members (excludes halogenated alkanes) is 14. The highest BCUT2D eigenvalue weighted by atomic mass is 16.1. The Morgan fingerprint density at radius 1 is 0.419 bits per heavy atom. The molecule has 0 amide bonds. The van der Waals surface area contributed by atoms with Crippen LogP contribution in [-0.4, -0.2) is 6.29 Å².